The predicted octanol–water partition coefficient (Wildman–Crippen LogP) is 2.04. The number of alkyl halides is 2. The van der Waals surface area contributed by atoms with E-state index in [2.05, 4.69) is 0 Å². The Morgan fingerprint density at radius 1 is 1.44 bits per heavy atom. The zero-order valence-corrected chi connectivity index (χ0v) is 10.7. The molecule has 1 saturated heterocycles. The smallest absolute Gasteiger partial charge is 0.248 e. The summed E-state index contributed by atoms with van der Waals surface area (Å²) in [7, 11) is 0. The van der Waals surface area contributed by atoms with E-state index in [0.717, 1.165) is 6.42 Å². The van der Waals surface area contributed by atoms with Gasteiger partial charge in [0.2, 0.25) is 11.8 Å². The van der Waals surface area contributed by atoms with Gasteiger partial charge in [0.25, 0.3) is 0 Å². The molecular weight excluding hydrogens is 240 g/mol. The van der Waals surface area contributed by atoms with E-state index in [-0.39, 0.29) is 24.7 Å². The SMILES string of the molecule is CC(O)C1CCN(C(=O)C2CCCC(F)(F)C2)C1. The summed E-state index contributed by atoms with van der Waals surface area (Å²) in [6, 6.07) is 0. The third kappa shape index (κ3) is 2.99. The van der Waals surface area contributed by atoms with Crippen LogP contribution in [0.3, 0.4) is 0 Å². The molecule has 2 aliphatic rings. The molecule has 2 fully saturated rings. The Bertz CT molecular complexity index is 320. The zero-order valence-electron chi connectivity index (χ0n) is 10.7. The highest BCUT2D eigenvalue weighted by molar-refractivity contribution is 5.79. The quantitative estimate of drug-likeness (QED) is 0.826. The molecule has 3 unspecified atom stereocenters. The van der Waals surface area contributed by atoms with Crippen LogP contribution in [0.15, 0.2) is 0 Å². The lowest BCUT2D eigenvalue weighted by Crippen LogP contribution is -2.39. The van der Waals surface area contributed by atoms with E-state index in [9.17, 15) is 18.7 Å². The van der Waals surface area contributed by atoms with Crippen molar-refractivity contribution in [2.24, 2.45) is 11.8 Å². The lowest BCUT2D eigenvalue weighted by atomic mass is 9.85. The Kier molecular flexibility index (Phi) is 3.90. The van der Waals surface area contributed by atoms with Crippen molar-refractivity contribution in [1.82, 2.24) is 4.90 Å². The fraction of sp³-hybridized carbons (Fsp3) is 0.923. The Labute approximate surface area is 106 Å². The van der Waals surface area contributed by atoms with Crippen LogP contribution in [-0.4, -0.2) is 41.0 Å². The Balaban J connectivity index is 1.92. The van der Waals surface area contributed by atoms with Gasteiger partial charge in [0.15, 0.2) is 0 Å². The molecule has 1 N–H and O–H groups in total. The average Bonchev–Trinajstić information content (AvgIpc) is 2.76. The summed E-state index contributed by atoms with van der Waals surface area (Å²) in [5, 5.41) is 9.49. The van der Waals surface area contributed by atoms with Gasteiger partial charge in [-0.1, -0.05) is 0 Å². The summed E-state index contributed by atoms with van der Waals surface area (Å²) in [6.07, 6.45) is 0.943. The van der Waals surface area contributed by atoms with Crippen molar-refractivity contribution in [2.45, 2.75) is 51.1 Å². The summed E-state index contributed by atoms with van der Waals surface area (Å²) in [6.45, 7) is 2.82. The molecule has 3 nitrogen and oxygen atoms in total. The molecule has 2 rings (SSSR count). The van der Waals surface area contributed by atoms with Gasteiger partial charge < -0.3 is 10.0 Å². The summed E-state index contributed by atoms with van der Waals surface area (Å²) in [4.78, 5) is 13.8. The number of aliphatic hydroxyl groups excluding tert-OH is 1. The van der Waals surface area contributed by atoms with Crippen LogP contribution in [0.1, 0.15) is 39.0 Å². The van der Waals surface area contributed by atoms with Crippen LogP contribution in [0.4, 0.5) is 8.78 Å². The van der Waals surface area contributed by atoms with Gasteiger partial charge in [0.05, 0.1) is 6.10 Å². The first-order valence-corrected chi connectivity index (χ1v) is 6.74. The molecule has 104 valence electrons. The molecule has 0 aromatic carbocycles. The van der Waals surface area contributed by atoms with Gasteiger partial charge in [-0.3, -0.25) is 4.79 Å². The number of hydrogen-bond acceptors (Lipinski definition) is 2. The van der Waals surface area contributed by atoms with Crippen molar-refractivity contribution in [3.63, 3.8) is 0 Å². The van der Waals surface area contributed by atoms with Crippen molar-refractivity contribution in [3.05, 3.63) is 0 Å². The minimum Gasteiger partial charge on any atom is -0.393 e. The highest BCUT2D eigenvalue weighted by atomic mass is 19.3. The molecule has 1 heterocycles. The number of rotatable bonds is 2. The highest BCUT2D eigenvalue weighted by Crippen LogP contribution is 2.38. The number of aliphatic hydroxyl groups is 1. The standard InChI is InChI=1S/C13H21F2NO2/c1-9(17)11-4-6-16(8-11)12(18)10-3-2-5-13(14,15)7-10/h9-11,17H,2-8H2,1H3. The maximum atomic E-state index is 13.3. The molecule has 0 bridgehead atoms. The van der Waals surface area contributed by atoms with Gasteiger partial charge in [0, 0.05) is 37.8 Å². The number of amides is 1. The van der Waals surface area contributed by atoms with Crippen LogP contribution in [0.5, 0.6) is 0 Å². The largest absolute Gasteiger partial charge is 0.393 e. The van der Waals surface area contributed by atoms with Crippen LogP contribution in [0.25, 0.3) is 0 Å². The maximum Gasteiger partial charge on any atom is 0.248 e. The molecule has 0 radical (unpaired) electrons. The second-order valence-corrected chi connectivity index (χ2v) is 5.72. The lowest BCUT2D eigenvalue weighted by molar-refractivity contribution is -0.141. The Hall–Kier alpha value is -0.710. The lowest BCUT2D eigenvalue weighted by Gasteiger charge is -2.31. The first kappa shape index (κ1) is 13.7. The molecule has 1 aliphatic heterocycles. The van der Waals surface area contributed by atoms with E-state index < -0.39 is 17.9 Å². The van der Waals surface area contributed by atoms with Gasteiger partial charge in [-0.15, -0.1) is 0 Å². The molecule has 3 atom stereocenters. The van der Waals surface area contributed by atoms with Crippen LogP contribution in [-0.2, 0) is 4.79 Å². The first-order chi connectivity index (χ1) is 8.39. The highest BCUT2D eigenvalue weighted by Gasteiger charge is 2.41. The van der Waals surface area contributed by atoms with E-state index in [1.807, 2.05) is 0 Å². The third-order valence-electron chi connectivity index (χ3n) is 4.21. The normalized spacial score (nSPS) is 33.4. The van der Waals surface area contributed by atoms with Crippen LogP contribution in [0, 0.1) is 11.8 Å². The first-order valence-electron chi connectivity index (χ1n) is 6.74. The number of carbonyl (C=O) groups excluding carboxylic acids is 1. The van der Waals surface area contributed by atoms with Gasteiger partial charge in [-0.25, -0.2) is 8.78 Å². The molecule has 1 amide bonds. The van der Waals surface area contributed by atoms with E-state index in [0.29, 0.717) is 25.9 Å². The van der Waals surface area contributed by atoms with Crippen LogP contribution in [0.2, 0.25) is 0 Å². The Morgan fingerprint density at radius 2 is 2.17 bits per heavy atom. The van der Waals surface area contributed by atoms with Crippen molar-refractivity contribution < 1.29 is 18.7 Å². The summed E-state index contributed by atoms with van der Waals surface area (Å²) in [5.41, 5.74) is 0. The fourth-order valence-corrected chi connectivity index (χ4v) is 3.02. The molecule has 0 spiro atoms. The van der Waals surface area contributed by atoms with Crippen molar-refractivity contribution in [1.29, 1.82) is 0 Å². The van der Waals surface area contributed by atoms with E-state index in [1.54, 1.807) is 11.8 Å². The maximum absolute atomic E-state index is 13.3. The molecule has 18 heavy (non-hydrogen) atoms. The molecular formula is C13H21F2NO2. The van der Waals surface area contributed by atoms with Crippen LogP contribution < -0.4 is 0 Å². The second-order valence-electron chi connectivity index (χ2n) is 5.72. The monoisotopic (exact) mass is 261 g/mol. The topological polar surface area (TPSA) is 40.5 Å². The number of carbonyl (C=O) groups is 1. The van der Waals surface area contributed by atoms with Gasteiger partial charge in [-0.05, 0) is 26.2 Å². The van der Waals surface area contributed by atoms with Crippen molar-refractivity contribution in [2.75, 3.05) is 13.1 Å². The van der Waals surface area contributed by atoms with E-state index in [4.69, 9.17) is 0 Å². The van der Waals surface area contributed by atoms with Gasteiger partial charge >= 0.3 is 0 Å². The van der Waals surface area contributed by atoms with Crippen molar-refractivity contribution >= 4 is 5.91 Å². The zero-order chi connectivity index (χ0) is 13.3. The number of likely N-dealkylation sites (tertiary alicyclic amines) is 1. The summed E-state index contributed by atoms with van der Waals surface area (Å²) < 4.78 is 26.6. The summed E-state index contributed by atoms with van der Waals surface area (Å²) in [5.74, 6) is -3.25. The van der Waals surface area contributed by atoms with Crippen molar-refractivity contribution in [3.8, 4) is 0 Å². The van der Waals surface area contributed by atoms with Gasteiger partial charge in [0.1, 0.15) is 0 Å². The molecule has 0 aromatic rings. The van der Waals surface area contributed by atoms with Gasteiger partial charge in [-0.2, -0.15) is 0 Å². The predicted molar refractivity (Wildman–Crippen MR) is 63.3 cm³/mol. The molecule has 1 aliphatic carbocycles. The molecule has 0 aromatic heterocycles. The summed E-state index contributed by atoms with van der Waals surface area (Å²) >= 11 is 0. The third-order valence-corrected chi connectivity index (χ3v) is 4.21. The number of nitrogens with zero attached hydrogens (tertiary/aromatic N) is 1. The van der Waals surface area contributed by atoms with E-state index >= 15 is 0 Å². The van der Waals surface area contributed by atoms with Crippen LogP contribution >= 0.6 is 0 Å². The fourth-order valence-electron chi connectivity index (χ4n) is 3.02. The minimum atomic E-state index is -2.68. The second kappa shape index (κ2) is 5.11. The Morgan fingerprint density at radius 3 is 2.72 bits per heavy atom. The average molecular weight is 261 g/mol. The van der Waals surface area contributed by atoms with E-state index in [1.165, 1.54) is 0 Å². The molecule has 5 heteroatoms. The number of hydrogen-bond donors (Lipinski definition) is 1. The minimum absolute atomic E-state index is 0.0902. The molecule has 1 saturated carbocycles. The number of halogens is 2.